The maximum atomic E-state index is 13.3. The number of rotatable bonds is 53. The van der Waals surface area contributed by atoms with E-state index in [0.29, 0.717) is 12.8 Å². The van der Waals surface area contributed by atoms with Gasteiger partial charge in [-0.05, 0) is 83.5 Å². The molecule has 0 bridgehead atoms. The van der Waals surface area contributed by atoms with Gasteiger partial charge in [0.25, 0.3) is 0 Å². The molecule has 1 amide bonds. The van der Waals surface area contributed by atoms with Crippen LogP contribution in [0.4, 0.5) is 0 Å². The summed E-state index contributed by atoms with van der Waals surface area (Å²) < 4.78 is 22.8. The zero-order valence-corrected chi connectivity index (χ0v) is 51.9. The molecule has 0 aromatic rings. The Morgan fingerprint density at radius 2 is 0.843 bits per heavy atom. The average Bonchev–Trinajstić information content (AvgIpc) is 3.65. The molecule has 0 spiro atoms. The van der Waals surface area contributed by atoms with Gasteiger partial charge in [0.05, 0.1) is 32.0 Å². The van der Waals surface area contributed by atoms with Gasteiger partial charge in [0.1, 0.15) is 48.8 Å². The number of ether oxygens (including phenoxy) is 4. The standard InChI is InChI=1S/C69H121NO13/c1-3-5-7-9-11-13-15-17-19-21-23-25-27-28-29-30-31-33-35-37-39-41-43-45-47-49-51-53-61(74)70-57(56-80-68-66(79)64(77)67(60(55-72)82-68)83-69-65(78)63(76)62(75)59(54-71)81-69)58(73)52-50-48-46-44-42-40-38-36-34-32-26-24-22-20-18-16-14-12-10-8-6-4-2/h5,7,11,13,17,19,23,25,34,36,42,44,50,52,57-60,62-69,71-73,75-79H,3-4,6,8-10,12,14-16,18,20-22,24,26-33,35,37-41,43,45-49,51,53-56H2,1-2H3,(H,70,74)/b7-5-,13-11-,19-17-,25-23-,36-34+,44-42+,52-50+. The molecule has 12 unspecified atom stereocenters. The van der Waals surface area contributed by atoms with Crippen LogP contribution in [-0.4, -0.2) is 140 Å². The molecule has 14 nitrogen and oxygen atoms in total. The summed E-state index contributed by atoms with van der Waals surface area (Å²) in [5.74, 6) is -0.255. The fourth-order valence-electron chi connectivity index (χ4n) is 10.5. The quantitative estimate of drug-likeness (QED) is 0.0204. The third-order valence-electron chi connectivity index (χ3n) is 15.8. The molecule has 2 saturated heterocycles. The van der Waals surface area contributed by atoms with E-state index in [1.165, 1.54) is 148 Å². The molecule has 2 aliphatic rings. The molecule has 0 aromatic heterocycles. The van der Waals surface area contributed by atoms with Gasteiger partial charge in [-0.25, -0.2) is 0 Å². The molecule has 0 radical (unpaired) electrons. The van der Waals surface area contributed by atoms with Crippen LogP contribution < -0.4 is 5.32 Å². The maximum absolute atomic E-state index is 13.3. The molecule has 480 valence electrons. The summed E-state index contributed by atoms with van der Waals surface area (Å²) in [7, 11) is 0. The molecular weight excluding hydrogens is 1050 g/mol. The summed E-state index contributed by atoms with van der Waals surface area (Å²) in [6.07, 6.45) is 56.3. The number of allylic oxidation sites excluding steroid dienone is 13. The van der Waals surface area contributed by atoms with Crippen molar-refractivity contribution in [2.24, 2.45) is 0 Å². The number of hydrogen-bond acceptors (Lipinski definition) is 13. The molecule has 2 rings (SSSR count). The van der Waals surface area contributed by atoms with Crippen LogP contribution in [0.3, 0.4) is 0 Å². The molecule has 2 heterocycles. The predicted molar refractivity (Wildman–Crippen MR) is 336 cm³/mol. The summed E-state index contributed by atoms with van der Waals surface area (Å²) in [6, 6.07) is -0.943. The van der Waals surface area contributed by atoms with E-state index in [2.05, 4.69) is 92.1 Å². The van der Waals surface area contributed by atoms with Crippen molar-refractivity contribution < 1.29 is 64.6 Å². The van der Waals surface area contributed by atoms with Crippen molar-refractivity contribution in [3.8, 4) is 0 Å². The Kier molecular flexibility index (Phi) is 49.1. The number of aliphatic hydroxyl groups is 8. The van der Waals surface area contributed by atoms with Gasteiger partial charge in [0.2, 0.25) is 5.91 Å². The zero-order chi connectivity index (χ0) is 60.2. The summed E-state index contributed by atoms with van der Waals surface area (Å²) in [5, 5.41) is 87.3. The molecular formula is C69H121NO13. The molecule has 14 heteroatoms. The van der Waals surface area contributed by atoms with Crippen LogP contribution in [0, 0.1) is 0 Å². The minimum atomic E-state index is -1.80. The fraction of sp³-hybridized carbons (Fsp3) is 0.783. The number of hydrogen-bond donors (Lipinski definition) is 9. The SMILES string of the molecule is CC/C=C\C/C=C\C/C=C\C/C=C\CCCCCCCCCCCCCCCCC(=O)NC(COC1OC(CO)C(OC2OC(CO)C(O)C(O)C2O)C(O)C1O)C(O)/C=C/CC/C=C/CC/C=C/CCCCCCCCCCCCCC. The van der Waals surface area contributed by atoms with Crippen LogP contribution in [0.25, 0.3) is 0 Å². The van der Waals surface area contributed by atoms with Crippen LogP contribution >= 0.6 is 0 Å². The van der Waals surface area contributed by atoms with Crippen molar-refractivity contribution >= 4 is 5.91 Å². The number of nitrogens with one attached hydrogen (secondary N) is 1. The molecule has 9 N–H and O–H groups in total. The van der Waals surface area contributed by atoms with E-state index >= 15 is 0 Å². The van der Waals surface area contributed by atoms with E-state index in [-0.39, 0.29) is 18.9 Å². The van der Waals surface area contributed by atoms with Gasteiger partial charge < -0.3 is 65.1 Å². The first kappa shape index (κ1) is 76.3. The molecule has 83 heavy (non-hydrogen) atoms. The second kappa shape index (κ2) is 53.4. The highest BCUT2D eigenvalue weighted by Crippen LogP contribution is 2.30. The fourth-order valence-corrected chi connectivity index (χ4v) is 10.5. The van der Waals surface area contributed by atoms with Crippen LogP contribution in [0.2, 0.25) is 0 Å². The normalized spacial score (nSPS) is 24.4. The number of carbonyl (C=O) groups excluding carboxylic acids is 1. The third kappa shape index (κ3) is 38.1. The van der Waals surface area contributed by atoms with E-state index in [1.54, 1.807) is 6.08 Å². The number of unbranched alkanes of at least 4 members (excludes halogenated alkanes) is 28. The van der Waals surface area contributed by atoms with Gasteiger partial charge in [0.15, 0.2) is 12.6 Å². The topological polar surface area (TPSA) is 228 Å². The molecule has 0 saturated carbocycles. The van der Waals surface area contributed by atoms with Crippen LogP contribution in [0.15, 0.2) is 85.1 Å². The number of amides is 1. The van der Waals surface area contributed by atoms with Gasteiger partial charge >= 0.3 is 0 Å². The second-order valence-corrected chi connectivity index (χ2v) is 23.2. The van der Waals surface area contributed by atoms with Crippen LogP contribution in [-0.2, 0) is 23.7 Å². The van der Waals surface area contributed by atoms with Gasteiger partial charge in [-0.3, -0.25) is 4.79 Å². The van der Waals surface area contributed by atoms with E-state index in [9.17, 15) is 45.6 Å². The molecule has 12 atom stereocenters. The predicted octanol–water partition coefficient (Wildman–Crippen LogP) is 12.8. The Bertz CT molecular complexity index is 1710. The van der Waals surface area contributed by atoms with Crippen LogP contribution in [0.1, 0.15) is 251 Å². The van der Waals surface area contributed by atoms with Gasteiger partial charge in [0, 0.05) is 6.42 Å². The summed E-state index contributed by atoms with van der Waals surface area (Å²) >= 11 is 0. The van der Waals surface area contributed by atoms with E-state index in [0.717, 1.165) is 70.6 Å². The summed E-state index contributed by atoms with van der Waals surface area (Å²) in [5.41, 5.74) is 0. The molecule has 2 aliphatic heterocycles. The second-order valence-electron chi connectivity index (χ2n) is 23.2. The average molecular weight is 1170 g/mol. The first-order valence-corrected chi connectivity index (χ1v) is 33.3. The lowest BCUT2D eigenvalue weighted by atomic mass is 9.97. The Balaban J connectivity index is 1.73. The summed E-state index contributed by atoms with van der Waals surface area (Å²) in [6.45, 7) is 2.68. The molecule has 0 aromatic carbocycles. The first-order chi connectivity index (χ1) is 40.6. The lowest BCUT2D eigenvalue weighted by molar-refractivity contribution is -0.359. The molecule has 2 fully saturated rings. The Labute approximate surface area is 503 Å². The Morgan fingerprint density at radius 3 is 1.33 bits per heavy atom. The van der Waals surface area contributed by atoms with E-state index in [1.807, 2.05) is 6.08 Å². The van der Waals surface area contributed by atoms with Gasteiger partial charge in [-0.15, -0.1) is 0 Å². The first-order valence-electron chi connectivity index (χ1n) is 33.3. The van der Waals surface area contributed by atoms with Crippen molar-refractivity contribution in [2.75, 3.05) is 19.8 Å². The minimum Gasteiger partial charge on any atom is -0.394 e. The van der Waals surface area contributed by atoms with Crippen LogP contribution in [0.5, 0.6) is 0 Å². The van der Waals surface area contributed by atoms with E-state index < -0.39 is 86.8 Å². The summed E-state index contributed by atoms with van der Waals surface area (Å²) in [4.78, 5) is 13.3. The highest BCUT2D eigenvalue weighted by atomic mass is 16.7. The van der Waals surface area contributed by atoms with Crippen molar-refractivity contribution in [2.45, 2.75) is 325 Å². The smallest absolute Gasteiger partial charge is 0.220 e. The number of aliphatic hydroxyl groups excluding tert-OH is 8. The lowest BCUT2D eigenvalue weighted by Gasteiger charge is -2.46. The largest absolute Gasteiger partial charge is 0.394 e. The third-order valence-corrected chi connectivity index (χ3v) is 15.8. The lowest BCUT2D eigenvalue weighted by Crippen LogP contribution is -2.65. The Morgan fingerprint density at radius 1 is 0.446 bits per heavy atom. The van der Waals surface area contributed by atoms with Gasteiger partial charge in [-0.1, -0.05) is 247 Å². The monoisotopic (exact) mass is 1170 g/mol. The highest BCUT2D eigenvalue weighted by Gasteiger charge is 2.51. The van der Waals surface area contributed by atoms with Crippen molar-refractivity contribution in [3.05, 3.63) is 85.1 Å². The minimum absolute atomic E-state index is 0.255. The van der Waals surface area contributed by atoms with Crippen molar-refractivity contribution in [3.63, 3.8) is 0 Å². The van der Waals surface area contributed by atoms with Gasteiger partial charge in [-0.2, -0.15) is 0 Å². The zero-order valence-electron chi connectivity index (χ0n) is 51.9. The molecule has 0 aliphatic carbocycles. The van der Waals surface area contributed by atoms with Crippen molar-refractivity contribution in [1.82, 2.24) is 5.32 Å². The van der Waals surface area contributed by atoms with Crippen molar-refractivity contribution in [1.29, 1.82) is 0 Å². The van der Waals surface area contributed by atoms with E-state index in [4.69, 9.17) is 18.9 Å². The Hall–Kier alpha value is -2.83. The maximum Gasteiger partial charge on any atom is 0.220 e. The highest BCUT2D eigenvalue weighted by molar-refractivity contribution is 5.76. The number of carbonyl (C=O) groups is 1.